The van der Waals surface area contributed by atoms with Crippen LogP contribution in [0.2, 0.25) is 0 Å². The minimum absolute atomic E-state index is 0.0404. The van der Waals surface area contributed by atoms with E-state index in [1.54, 1.807) is 36.4 Å². The van der Waals surface area contributed by atoms with Crippen LogP contribution in [0.3, 0.4) is 0 Å². The molecule has 5 N–H and O–H groups in total. The number of phenols is 2. The van der Waals surface area contributed by atoms with Crippen molar-refractivity contribution in [1.29, 1.82) is 0 Å². The van der Waals surface area contributed by atoms with E-state index in [-0.39, 0.29) is 47.0 Å². The first kappa shape index (κ1) is 35.3. The van der Waals surface area contributed by atoms with E-state index in [0.717, 1.165) is 17.2 Å². The fourth-order valence-corrected chi connectivity index (χ4v) is 6.52. The fourth-order valence-electron chi connectivity index (χ4n) is 6.52. The lowest BCUT2D eigenvalue weighted by Crippen LogP contribution is -2.60. The Kier molecular flexibility index (Phi) is 10.7. The molecule has 0 aliphatic carbocycles. The number of phenolic OH excluding ortho intramolecular Hbond substituents is 2. The van der Waals surface area contributed by atoms with E-state index in [9.17, 15) is 30.3 Å². The predicted octanol–water partition coefficient (Wildman–Crippen LogP) is 2.64. The fraction of sp³-hybridized carbons (Fsp3) is 0.417. The zero-order chi connectivity index (χ0) is 35.5. The van der Waals surface area contributed by atoms with Crippen LogP contribution >= 0.6 is 0 Å². The third kappa shape index (κ3) is 7.17. The Morgan fingerprint density at radius 2 is 1.32 bits per heavy atom. The van der Waals surface area contributed by atoms with Crippen molar-refractivity contribution in [2.45, 2.75) is 42.9 Å². The van der Waals surface area contributed by atoms with Gasteiger partial charge in [-0.1, -0.05) is 18.2 Å². The molecule has 268 valence electrons. The average Bonchev–Trinajstić information content (AvgIpc) is 3.74. The SMILES string of the molecule is COc1cc(C=CC(=O)OC[C@H]2O[C@@H](Oc3ccc([C@@H]4OC[C@@H]5[C@H]4CO[C@H]5c4ccc(O)c(OC)c4)cc3OC)[C@H](O)[C@@H](O)[C@@H]2O)ccc1O. The molecule has 50 heavy (non-hydrogen) atoms. The van der Waals surface area contributed by atoms with Gasteiger partial charge in [0, 0.05) is 17.9 Å². The van der Waals surface area contributed by atoms with Gasteiger partial charge < -0.3 is 63.4 Å². The van der Waals surface area contributed by atoms with Gasteiger partial charge in [-0.15, -0.1) is 0 Å². The zero-order valence-electron chi connectivity index (χ0n) is 27.6. The van der Waals surface area contributed by atoms with Gasteiger partial charge in [0.15, 0.2) is 34.5 Å². The normalized spacial score (nSPS) is 29.0. The molecule has 0 saturated carbocycles. The molecular formula is C36H40O14. The molecule has 3 heterocycles. The molecule has 3 saturated heterocycles. The van der Waals surface area contributed by atoms with E-state index in [0.29, 0.717) is 30.3 Å². The van der Waals surface area contributed by atoms with E-state index in [2.05, 4.69) is 0 Å². The molecule has 0 unspecified atom stereocenters. The van der Waals surface area contributed by atoms with Crippen molar-refractivity contribution in [1.82, 2.24) is 0 Å². The number of aromatic hydroxyl groups is 2. The van der Waals surface area contributed by atoms with Gasteiger partial charge in [0.2, 0.25) is 6.29 Å². The van der Waals surface area contributed by atoms with Crippen LogP contribution in [0.15, 0.2) is 60.7 Å². The van der Waals surface area contributed by atoms with Crippen molar-refractivity contribution >= 4 is 12.0 Å². The third-order valence-electron chi connectivity index (χ3n) is 9.23. The van der Waals surface area contributed by atoms with Gasteiger partial charge in [-0.25, -0.2) is 4.79 Å². The van der Waals surface area contributed by atoms with E-state index in [1.807, 2.05) is 6.07 Å². The lowest BCUT2D eigenvalue weighted by molar-refractivity contribution is -0.278. The van der Waals surface area contributed by atoms with Crippen LogP contribution in [0.25, 0.3) is 6.08 Å². The molecule has 3 fully saturated rings. The van der Waals surface area contributed by atoms with Crippen LogP contribution in [-0.2, 0) is 23.7 Å². The van der Waals surface area contributed by atoms with Gasteiger partial charge in [0.1, 0.15) is 31.0 Å². The molecule has 14 heteroatoms. The lowest BCUT2D eigenvalue weighted by atomic mass is 9.85. The number of carbonyl (C=O) groups is 1. The number of fused-ring (bicyclic) bond motifs is 1. The average molecular weight is 697 g/mol. The maximum absolute atomic E-state index is 12.4. The van der Waals surface area contributed by atoms with Crippen LogP contribution < -0.4 is 18.9 Å². The van der Waals surface area contributed by atoms with Crippen LogP contribution in [0.1, 0.15) is 28.9 Å². The second-order valence-electron chi connectivity index (χ2n) is 12.2. The first-order chi connectivity index (χ1) is 24.1. The molecule has 3 aromatic rings. The van der Waals surface area contributed by atoms with Gasteiger partial charge in [-0.05, 0) is 59.2 Å². The van der Waals surface area contributed by atoms with Crippen molar-refractivity contribution in [2.75, 3.05) is 41.2 Å². The number of aliphatic hydroxyl groups excluding tert-OH is 3. The minimum Gasteiger partial charge on any atom is -0.504 e. The van der Waals surface area contributed by atoms with Gasteiger partial charge in [0.05, 0.1) is 46.8 Å². The quantitative estimate of drug-likeness (QED) is 0.145. The largest absolute Gasteiger partial charge is 0.504 e. The molecule has 6 rings (SSSR count). The topological polar surface area (TPSA) is 192 Å². The molecule has 0 aromatic heterocycles. The number of hydrogen-bond acceptors (Lipinski definition) is 14. The van der Waals surface area contributed by atoms with E-state index < -0.39 is 43.3 Å². The molecule has 0 bridgehead atoms. The second-order valence-corrected chi connectivity index (χ2v) is 12.2. The summed E-state index contributed by atoms with van der Waals surface area (Å²) < 4.78 is 45.3. The lowest BCUT2D eigenvalue weighted by Gasteiger charge is -2.40. The molecule has 3 aliphatic heterocycles. The van der Waals surface area contributed by atoms with E-state index >= 15 is 0 Å². The molecule has 0 radical (unpaired) electrons. The summed E-state index contributed by atoms with van der Waals surface area (Å²) in [6.45, 7) is 0.462. The highest BCUT2D eigenvalue weighted by Crippen LogP contribution is 2.51. The summed E-state index contributed by atoms with van der Waals surface area (Å²) >= 11 is 0. The summed E-state index contributed by atoms with van der Waals surface area (Å²) in [4.78, 5) is 12.4. The summed E-state index contributed by atoms with van der Waals surface area (Å²) in [6, 6.07) is 14.9. The molecule has 3 aromatic carbocycles. The molecule has 14 nitrogen and oxygen atoms in total. The molecule has 9 atom stereocenters. The summed E-state index contributed by atoms with van der Waals surface area (Å²) in [6.07, 6.45) is -5.52. The number of benzene rings is 3. The summed E-state index contributed by atoms with van der Waals surface area (Å²) in [5.74, 6) is 0.440. The van der Waals surface area contributed by atoms with Gasteiger partial charge in [0.25, 0.3) is 0 Å². The Morgan fingerprint density at radius 3 is 1.96 bits per heavy atom. The van der Waals surface area contributed by atoms with Crippen molar-refractivity contribution < 1.29 is 68.2 Å². The first-order valence-electron chi connectivity index (χ1n) is 16.0. The van der Waals surface area contributed by atoms with E-state index in [1.165, 1.54) is 39.5 Å². The van der Waals surface area contributed by atoms with Crippen LogP contribution in [-0.4, -0.2) is 103 Å². The summed E-state index contributed by atoms with van der Waals surface area (Å²) in [7, 11) is 4.35. The van der Waals surface area contributed by atoms with Crippen molar-refractivity contribution in [3.63, 3.8) is 0 Å². The first-order valence-corrected chi connectivity index (χ1v) is 16.0. The number of rotatable bonds is 11. The number of methoxy groups -OCH3 is 3. The Hall–Kier alpha value is -4.57. The summed E-state index contributed by atoms with van der Waals surface area (Å²) in [5, 5.41) is 51.6. The van der Waals surface area contributed by atoms with Crippen molar-refractivity contribution in [3.05, 3.63) is 77.4 Å². The van der Waals surface area contributed by atoms with Crippen LogP contribution in [0, 0.1) is 11.8 Å². The molecular weight excluding hydrogens is 656 g/mol. The Bertz CT molecular complexity index is 1690. The Morgan fingerprint density at radius 1 is 0.740 bits per heavy atom. The molecule has 0 amide bonds. The number of hydrogen-bond donors (Lipinski definition) is 5. The molecule has 0 spiro atoms. The highest BCUT2D eigenvalue weighted by Gasteiger charge is 2.49. The minimum atomic E-state index is -1.67. The number of esters is 1. The second kappa shape index (κ2) is 15.1. The van der Waals surface area contributed by atoms with Gasteiger partial charge >= 0.3 is 5.97 Å². The smallest absolute Gasteiger partial charge is 0.330 e. The number of carbonyl (C=O) groups excluding carboxylic acids is 1. The number of ether oxygens (including phenoxy) is 8. The predicted molar refractivity (Wildman–Crippen MR) is 174 cm³/mol. The monoisotopic (exact) mass is 696 g/mol. The summed E-state index contributed by atoms with van der Waals surface area (Å²) in [5.41, 5.74) is 2.27. The van der Waals surface area contributed by atoms with Gasteiger partial charge in [-0.2, -0.15) is 0 Å². The zero-order valence-corrected chi connectivity index (χ0v) is 27.6. The maximum atomic E-state index is 12.4. The molecule has 3 aliphatic rings. The van der Waals surface area contributed by atoms with Crippen LogP contribution in [0.5, 0.6) is 34.5 Å². The van der Waals surface area contributed by atoms with Crippen molar-refractivity contribution in [3.8, 4) is 34.5 Å². The standard InChI is InChI=1S/C36H40O14/c1-43-26-12-18(4-8-23(26)37)5-11-30(39)46-17-29-31(40)32(41)33(42)36(50-29)49-25-10-7-20(14-28(25)45-3)35-22-16-47-34(21(22)15-48-35)19-6-9-24(38)27(13-19)44-2/h4-14,21-22,29,31-38,40-42H,15-17H2,1-3H3/t21-,22-,29-,31-,32+,33-,34+,35+,36-/m1/s1. The van der Waals surface area contributed by atoms with Crippen molar-refractivity contribution in [2.24, 2.45) is 11.8 Å². The van der Waals surface area contributed by atoms with E-state index in [4.69, 9.17) is 37.9 Å². The maximum Gasteiger partial charge on any atom is 0.330 e. The highest BCUT2D eigenvalue weighted by molar-refractivity contribution is 5.87. The number of aliphatic hydroxyl groups is 3. The van der Waals surface area contributed by atoms with Crippen LogP contribution in [0.4, 0.5) is 0 Å². The van der Waals surface area contributed by atoms with Gasteiger partial charge in [-0.3, -0.25) is 0 Å². The highest BCUT2D eigenvalue weighted by atomic mass is 16.7. The Labute approximate surface area is 287 Å². The Balaban J connectivity index is 1.09. The third-order valence-corrected chi connectivity index (χ3v) is 9.23.